The van der Waals surface area contributed by atoms with Crippen LogP contribution in [0.15, 0.2) is 24.3 Å². The standard InChI is InChI=1S/C14H17N3O2/c1-11-3-5-12(6-4-11)13(18)7-10-17-14(19)16-9-2-8-15/h3-6H,2,7,9-10H2,1H3,(H2,16,17,19). The van der Waals surface area contributed by atoms with Gasteiger partial charge in [-0.25, -0.2) is 4.79 Å². The summed E-state index contributed by atoms with van der Waals surface area (Å²) in [6, 6.07) is 8.91. The molecule has 0 fully saturated rings. The molecule has 0 aliphatic rings. The van der Waals surface area contributed by atoms with Crippen LogP contribution in [-0.2, 0) is 0 Å². The third-order valence-corrected chi connectivity index (χ3v) is 2.53. The molecule has 2 amide bonds. The first-order valence-corrected chi connectivity index (χ1v) is 6.12. The van der Waals surface area contributed by atoms with Gasteiger partial charge in [-0.05, 0) is 6.92 Å². The summed E-state index contributed by atoms with van der Waals surface area (Å²) in [6.07, 6.45) is 0.532. The van der Waals surface area contributed by atoms with Gasteiger partial charge in [-0.1, -0.05) is 29.8 Å². The van der Waals surface area contributed by atoms with Crippen LogP contribution in [0.3, 0.4) is 0 Å². The predicted molar refractivity (Wildman–Crippen MR) is 71.8 cm³/mol. The highest BCUT2D eigenvalue weighted by atomic mass is 16.2. The maximum absolute atomic E-state index is 11.8. The zero-order chi connectivity index (χ0) is 14.1. The Hall–Kier alpha value is -2.35. The Labute approximate surface area is 112 Å². The van der Waals surface area contributed by atoms with Gasteiger partial charge in [0, 0.05) is 25.1 Å². The molecule has 0 saturated heterocycles. The highest BCUT2D eigenvalue weighted by molar-refractivity contribution is 5.96. The average molecular weight is 259 g/mol. The number of carbonyl (C=O) groups is 2. The van der Waals surface area contributed by atoms with Gasteiger partial charge in [-0.3, -0.25) is 4.79 Å². The van der Waals surface area contributed by atoms with E-state index in [0.717, 1.165) is 5.56 Å². The maximum Gasteiger partial charge on any atom is 0.314 e. The summed E-state index contributed by atoms with van der Waals surface area (Å²) in [5, 5.41) is 13.4. The van der Waals surface area contributed by atoms with Crippen molar-refractivity contribution >= 4 is 11.8 Å². The number of Topliss-reactive ketones (excluding diaryl/α,β-unsaturated/α-hetero) is 1. The van der Waals surface area contributed by atoms with Crippen molar-refractivity contribution in [2.24, 2.45) is 0 Å². The van der Waals surface area contributed by atoms with E-state index in [-0.39, 0.29) is 31.2 Å². The normalized spacial score (nSPS) is 9.47. The number of hydrogen-bond donors (Lipinski definition) is 2. The molecule has 0 radical (unpaired) electrons. The van der Waals surface area contributed by atoms with Gasteiger partial charge in [-0.2, -0.15) is 5.26 Å². The van der Waals surface area contributed by atoms with Crippen molar-refractivity contribution in [3.8, 4) is 6.07 Å². The number of nitrogens with zero attached hydrogens (tertiary/aromatic N) is 1. The van der Waals surface area contributed by atoms with Gasteiger partial charge in [-0.15, -0.1) is 0 Å². The molecule has 0 saturated carbocycles. The van der Waals surface area contributed by atoms with Crippen LogP contribution in [0.25, 0.3) is 0 Å². The Morgan fingerprint density at radius 2 is 1.79 bits per heavy atom. The van der Waals surface area contributed by atoms with E-state index in [4.69, 9.17) is 5.26 Å². The molecule has 100 valence electrons. The van der Waals surface area contributed by atoms with Gasteiger partial charge in [0.15, 0.2) is 5.78 Å². The number of benzene rings is 1. The van der Waals surface area contributed by atoms with Gasteiger partial charge >= 0.3 is 6.03 Å². The van der Waals surface area contributed by atoms with Crippen LogP contribution in [0.4, 0.5) is 4.79 Å². The first-order valence-electron chi connectivity index (χ1n) is 6.12. The number of aryl methyl sites for hydroxylation is 1. The summed E-state index contributed by atoms with van der Waals surface area (Å²) < 4.78 is 0. The predicted octanol–water partition coefficient (Wildman–Crippen LogP) is 1.78. The third kappa shape index (κ3) is 5.68. The molecule has 0 bridgehead atoms. The molecular weight excluding hydrogens is 242 g/mol. The first kappa shape index (κ1) is 14.7. The van der Waals surface area contributed by atoms with Crippen molar-refractivity contribution in [2.45, 2.75) is 19.8 Å². The zero-order valence-corrected chi connectivity index (χ0v) is 10.9. The minimum atomic E-state index is -0.355. The lowest BCUT2D eigenvalue weighted by molar-refractivity contribution is 0.0983. The van der Waals surface area contributed by atoms with Gasteiger partial charge in [0.05, 0.1) is 12.5 Å². The number of urea groups is 1. The topological polar surface area (TPSA) is 82.0 Å². The molecule has 2 N–H and O–H groups in total. The molecule has 0 unspecified atom stereocenters. The number of ketones is 1. The van der Waals surface area contributed by atoms with Crippen molar-refractivity contribution in [2.75, 3.05) is 13.1 Å². The van der Waals surface area contributed by atoms with E-state index >= 15 is 0 Å². The van der Waals surface area contributed by atoms with Crippen LogP contribution in [0.5, 0.6) is 0 Å². The highest BCUT2D eigenvalue weighted by Crippen LogP contribution is 2.05. The second-order valence-electron chi connectivity index (χ2n) is 4.13. The SMILES string of the molecule is Cc1ccc(C(=O)CCNC(=O)NCCC#N)cc1. The van der Waals surface area contributed by atoms with E-state index in [0.29, 0.717) is 12.1 Å². The minimum absolute atomic E-state index is 0.00248. The fourth-order valence-electron chi connectivity index (χ4n) is 1.47. The molecule has 5 heteroatoms. The van der Waals surface area contributed by atoms with Gasteiger partial charge < -0.3 is 10.6 Å². The molecule has 1 aromatic carbocycles. The molecule has 0 aliphatic heterocycles. The summed E-state index contributed by atoms with van der Waals surface area (Å²) in [7, 11) is 0. The van der Waals surface area contributed by atoms with Crippen LogP contribution in [0.2, 0.25) is 0 Å². The van der Waals surface area contributed by atoms with Gasteiger partial charge in [0.1, 0.15) is 0 Å². The first-order chi connectivity index (χ1) is 9.13. The van der Waals surface area contributed by atoms with Gasteiger partial charge in [0.25, 0.3) is 0 Å². The summed E-state index contributed by atoms with van der Waals surface area (Å²) in [5.74, 6) is -0.00248. The van der Waals surface area contributed by atoms with Crippen molar-refractivity contribution in [3.05, 3.63) is 35.4 Å². The number of carbonyl (C=O) groups excluding carboxylic acids is 2. The van der Waals surface area contributed by atoms with E-state index in [1.807, 2.05) is 25.1 Å². The van der Waals surface area contributed by atoms with Crippen LogP contribution >= 0.6 is 0 Å². The fraction of sp³-hybridized carbons (Fsp3) is 0.357. The smallest absolute Gasteiger partial charge is 0.314 e. The lowest BCUT2D eigenvalue weighted by Gasteiger charge is -2.06. The molecule has 0 aliphatic carbocycles. The molecule has 0 spiro atoms. The van der Waals surface area contributed by atoms with Crippen LogP contribution in [-0.4, -0.2) is 24.9 Å². The number of rotatable bonds is 6. The summed E-state index contributed by atoms with van der Waals surface area (Å²) >= 11 is 0. The van der Waals surface area contributed by atoms with Crippen LogP contribution < -0.4 is 10.6 Å². The van der Waals surface area contributed by atoms with Gasteiger partial charge in [0.2, 0.25) is 0 Å². The molecular formula is C14H17N3O2. The molecule has 0 atom stereocenters. The monoisotopic (exact) mass is 259 g/mol. The zero-order valence-electron chi connectivity index (χ0n) is 10.9. The van der Waals surface area contributed by atoms with E-state index in [1.54, 1.807) is 12.1 Å². The second-order valence-corrected chi connectivity index (χ2v) is 4.13. The lowest BCUT2D eigenvalue weighted by atomic mass is 10.1. The number of hydrogen-bond acceptors (Lipinski definition) is 3. The lowest BCUT2D eigenvalue weighted by Crippen LogP contribution is -2.37. The average Bonchev–Trinajstić information content (AvgIpc) is 2.39. The molecule has 19 heavy (non-hydrogen) atoms. The number of nitriles is 1. The van der Waals surface area contributed by atoms with E-state index < -0.39 is 0 Å². The molecule has 1 aromatic rings. The van der Waals surface area contributed by atoms with E-state index in [9.17, 15) is 9.59 Å². The summed E-state index contributed by atoms with van der Waals surface area (Å²) in [5.41, 5.74) is 1.75. The highest BCUT2D eigenvalue weighted by Gasteiger charge is 2.06. The molecule has 1 rings (SSSR count). The van der Waals surface area contributed by atoms with Crippen molar-refractivity contribution in [1.29, 1.82) is 5.26 Å². The largest absolute Gasteiger partial charge is 0.338 e. The fourth-order valence-corrected chi connectivity index (χ4v) is 1.47. The second kappa shape index (κ2) is 7.88. The summed E-state index contributed by atoms with van der Waals surface area (Å²) in [6.45, 7) is 2.56. The van der Waals surface area contributed by atoms with E-state index in [2.05, 4.69) is 10.6 Å². The Bertz CT molecular complexity index is 474. The Balaban J connectivity index is 2.26. The van der Waals surface area contributed by atoms with E-state index in [1.165, 1.54) is 0 Å². The van der Waals surface area contributed by atoms with Crippen molar-refractivity contribution in [1.82, 2.24) is 10.6 Å². The number of nitrogens with one attached hydrogen (secondary N) is 2. The maximum atomic E-state index is 11.8. The Kier molecular flexibility index (Phi) is 6.10. The molecule has 0 heterocycles. The summed E-state index contributed by atoms with van der Waals surface area (Å²) in [4.78, 5) is 23.0. The Morgan fingerprint density at radius 1 is 1.16 bits per heavy atom. The Morgan fingerprint density at radius 3 is 2.42 bits per heavy atom. The molecule has 5 nitrogen and oxygen atoms in total. The quantitative estimate of drug-likeness (QED) is 0.603. The van der Waals surface area contributed by atoms with Crippen molar-refractivity contribution in [3.63, 3.8) is 0 Å². The van der Waals surface area contributed by atoms with Crippen molar-refractivity contribution < 1.29 is 9.59 Å². The van der Waals surface area contributed by atoms with Crippen LogP contribution in [0, 0.1) is 18.3 Å². The van der Waals surface area contributed by atoms with Crippen LogP contribution in [0.1, 0.15) is 28.8 Å². The third-order valence-electron chi connectivity index (χ3n) is 2.53. The number of amides is 2. The molecule has 0 aromatic heterocycles. The minimum Gasteiger partial charge on any atom is -0.338 e.